The minimum atomic E-state index is -1.56. The highest BCUT2D eigenvalue weighted by Crippen LogP contribution is 2.35. The Balaban J connectivity index is 0.000000204. The lowest BCUT2D eigenvalue weighted by Gasteiger charge is -2.34. The topological polar surface area (TPSA) is 226 Å². The van der Waals surface area contributed by atoms with Crippen LogP contribution in [0.5, 0.6) is 0 Å². The SMILES string of the molecule is NCc1cccc(C2CCN(C(=O)c3cccc(CC(=O)C(=O)C4(O)CCC4)c3)CC2)c1.O=C(NCc1cccc(C2CCN(C(=O)c3cccc(NC(=O)C(=O)C4(O)CCC4)c3)CC2)c1)OCc1ccccc1. The Bertz CT molecular complexity index is 2840. The predicted molar refractivity (Wildman–Crippen MR) is 278 cm³/mol. The van der Waals surface area contributed by atoms with E-state index >= 15 is 0 Å². The lowest BCUT2D eigenvalue weighted by atomic mass is 9.75. The van der Waals surface area contributed by atoms with E-state index in [0.717, 1.165) is 48.8 Å². The molecule has 15 nitrogen and oxygen atoms in total. The van der Waals surface area contributed by atoms with Crippen LogP contribution in [0.1, 0.15) is 130 Å². The molecule has 0 atom stereocenters. The van der Waals surface area contributed by atoms with Gasteiger partial charge in [-0.05, 0) is 140 Å². The van der Waals surface area contributed by atoms with E-state index in [1.54, 1.807) is 53.4 Å². The van der Waals surface area contributed by atoms with E-state index in [-0.39, 0.29) is 30.8 Å². The molecule has 4 fully saturated rings. The Morgan fingerprint density at radius 3 is 1.64 bits per heavy atom. The van der Waals surface area contributed by atoms with Crippen molar-refractivity contribution in [3.8, 4) is 0 Å². The number of carbonyl (C=O) groups is 7. The molecule has 4 amide bonds. The largest absolute Gasteiger partial charge is 0.445 e. The van der Waals surface area contributed by atoms with Crippen molar-refractivity contribution in [3.05, 3.63) is 172 Å². The number of nitrogens with one attached hydrogen (secondary N) is 2. The standard InChI is InChI=1S/C33H35N3O6.C26H30N2O4/c37-29(33(41)15-6-16-33)30(38)35-28-12-5-11-27(20-28)31(39)36-17-13-25(14-18-36)26-10-4-9-24(19-26)21-34-32(40)42-22-23-7-2-1-3-8-23;27-17-19-5-2-6-21(15-19)20-8-12-28(13-9-20)25(31)22-7-1-4-18(14-22)16-23(29)24(30)26(32)10-3-11-26/h1-5,7-12,19-20,25,41H,6,13-18,21-22H2,(H,34,40)(H,35,38);1-2,4-7,14-15,20,32H,3,8-13,16-17,27H2. The van der Waals surface area contributed by atoms with E-state index in [9.17, 15) is 43.8 Å². The molecule has 2 aliphatic heterocycles. The molecule has 0 spiro atoms. The van der Waals surface area contributed by atoms with Gasteiger partial charge in [-0.3, -0.25) is 28.8 Å². The molecule has 6 N–H and O–H groups in total. The van der Waals surface area contributed by atoms with E-state index in [4.69, 9.17) is 10.5 Å². The summed E-state index contributed by atoms with van der Waals surface area (Å²) in [6, 6.07) is 39.4. The van der Waals surface area contributed by atoms with Crippen molar-refractivity contribution in [1.29, 1.82) is 0 Å². The second-order valence-corrected chi connectivity index (χ2v) is 20.0. The van der Waals surface area contributed by atoms with Crippen molar-refractivity contribution < 1.29 is 48.5 Å². The van der Waals surface area contributed by atoms with Gasteiger partial charge in [0.2, 0.25) is 11.6 Å². The number of anilines is 1. The summed E-state index contributed by atoms with van der Waals surface area (Å²) >= 11 is 0. The molecule has 0 radical (unpaired) electrons. The number of benzene rings is 5. The van der Waals surface area contributed by atoms with Crippen LogP contribution in [0.15, 0.2) is 127 Å². The smallest absolute Gasteiger partial charge is 0.407 e. The Morgan fingerprint density at radius 2 is 1.07 bits per heavy atom. The molecule has 2 heterocycles. The summed E-state index contributed by atoms with van der Waals surface area (Å²) in [6.45, 7) is 3.61. The highest BCUT2D eigenvalue weighted by atomic mass is 16.5. The van der Waals surface area contributed by atoms with E-state index in [1.165, 1.54) is 11.1 Å². The number of likely N-dealkylation sites (tertiary alicyclic amines) is 2. The molecule has 9 rings (SSSR count). The highest BCUT2D eigenvalue weighted by molar-refractivity contribution is 6.43. The third-order valence-corrected chi connectivity index (χ3v) is 14.9. The van der Waals surface area contributed by atoms with Crippen molar-refractivity contribution in [2.75, 3.05) is 31.5 Å². The third-order valence-electron chi connectivity index (χ3n) is 14.9. The molecule has 2 saturated heterocycles. The quantitative estimate of drug-likeness (QED) is 0.0616. The zero-order chi connectivity index (χ0) is 52.2. The average Bonchev–Trinajstić information content (AvgIpc) is 3.42. The van der Waals surface area contributed by atoms with Crippen LogP contribution in [0.25, 0.3) is 0 Å². The number of carbonyl (C=O) groups excluding carboxylic acids is 7. The van der Waals surface area contributed by atoms with Gasteiger partial charge in [-0.15, -0.1) is 0 Å². The van der Waals surface area contributed by atoms with Crippen LogP contribution in [0.3, 0.4) is 0 Å². The second-order valence-electron chi connectivity index (χ2n) is 20.0. The summed E-state index contributed by atoms with van der Waals surface area (Å²) in [6.07, 6.45) is 5.57. The number of alkyl carbamates (subject to hydrolysis) is 1. The van der Waals surface area contributed by atoms with Crippen molar-refractivity contribution in [2.24, 2.45) is 5.73 Å². The zero-order valence-electron chi connectivity index (χ0n) is 41.6. The maximum absolute atomic E-state index is 13.2. The van der Waals surface area contributed by atoms with E-state index in [1.807, 2.05) is 59.5 Å². The first-order valence-corrected chi connectivity index (χ1v) is 25.7. The summed E-state index contributed by atoms with van der Waals surface area (Å²) < 4.78 is 5.29. The van der Waals surface area contributed by atoms with Crippen LogP contribution in [0.2, 0.25) is 0 Å². The maximum atomic E-state index is 13.2. The van der Waals surface area contributed by atoms with Crippen molar-refractivity contribution in [2.45, 2.75) is 113 Å². The highest BCUT2D eigenvalue weighted by Gasteiger charge is 2.46. The lowest BCUT2D eigenvalue weighted by molar-refractivity contribution is -0.154. The van der Waals surface area contributed by atoms with E-state index in [0.29, 0.717) is 99.7 Å². The van der Waals surface area contributed by atoms with Crippen molar-refractivity contribution >= 4 is 46.9 Å². The van der Waals surface area contributed by atoms with Crippen molar-refractivity contribution in [3.63, 3.8) is 0 Å². The summed E-state index contributed by atoms with van der Waals surface area (Å²) in [5, 5.41) is 25.6. The van der Waals surface area contributed by atoms with Gasteiger partial charge in [-0.1, -0.05) is 97.1 Å². The van der Waals surface area contributed by atoms with Crippen LogP contribution in [0.4, 0.5) is 10.5 Å². The van der Waals surface area contributed by atoms with Gasteiger partial charge in [0.1, 0.15) is 17.8 Å². The van der Waals surface area contributed by atoms with Gasteiger partial charge in [0.25, 0.3) is 23.5 Å². The molecule has 5 aromatic rings. The molecule has 2 saturated carbocycles. The number of hydrogen-bond acceptors (Lipinski definition) is 11. The summed E-state index contributed by atoms with van der Waals surface area (Å²) in [5.74, 6) is -2.51. The molecule has 386 valence electrons. The lowest BCUT2D eigenvalue weighted by Crippen LogP contribution is -2.50. The maximum Gasteiger partial charge on any atom is 0.407 e. The van der Waals surface area contributed by atoms with E-state index < -0.39 is 40.6 Å². The summed E-state index contributed by atoms with van der Waals surface area (Å²) in [5.41, 5.74) is 10.1. The predicted octanol–water partition coefficient (Wildman–Crippen LogP) is 7.32. The normalized spacial score (nSPS) is 17.0. The summed E-state index contributed by atoms with van der Waals surface area (Å²) in [7, 11) is 0. The molecular weight excluding hydrogens is 939 g/mol. The summed E-state index contributed by atoms with van der Waals surface area (Å²) in [4.78, 5) is 91.2. The third kappa shape index (κ3) is 13.2. The first-order valence-electron chi connectivity index (χ1n) is 25.7. The molecule has 4 aliphatic rings. The molecule has 15 heteroatoms. The fraction of sp³-hybridized carbons (Fsp3) is 0.373. The van der Waals surface area contributed by atoms with Gasteiger partial charge < -0.3 is 41.1 Å². The second kappa shape index (κ2) is 24.1. The number of ether oxygens (including phenoxy) is 1. The number of rotatable bonds is 16. The molecule has 74 heavy (non-hydrogen) atoms. The number of aliphatic hydroxyl groups is 2. The molecule has 5 aromatic carbocycles. The number of Topliss-reactive ketones (excluding diaryl/α,β-unsaturated/α-hetero) is 3. The molecule has 2 aliphatic carbocycles. The van der Waals surface area contributed by atoms with Gasteiger partial charge in [0.05, 0.1) is 0 Å². The van der Waals surface area contributed by atoms with Gasteiger partial charge in [0, 0.05) is 62.5 Å². The van der Waals surface area contributed by atoms with Crippen molar-refractivity contribution in [1.82, 2.24) is 15.1 Å². The fourth-order valence-corrected chi connectivity index (χ4v) is 10.0. The van der Waals surface area contributed by atoms with Crippen LogP contribution in [-0.4, -0.2) is 98.6 Å². The minimum Gasteiger partial charge on any atom is -0.445 e. The average molecular weight is 1000 g/mol. The molecule has 0 aromatic heterocycles. The van der Waals surface area contributed by atoms with Crippen LogP contribution >= 0.6 is 0 Å². The number of ketones is 3. The Labute approximate surface area is 431 Å². The first-order chi connectivity index (χ1) is 35.7. The number of nitrogens with two attached hydrogens (primary N) is 1. The molecule has 0 unspecified atom stereocenters. The van der Waals surface area contributed by atoms with Gasteiger partial charge in [0.15, 0.2) is 0 Å². The minimum absolute atomic E-state index is 0.0580. The number of nitrogens with zero attached hydrogens (tertiary/aromatic N) is 2. The van der Waals surface area contributed by atoms with Crippen LogP contribution in [0, 0.1) is 0 Å². The Hall–Kier alpha value is -7.33. The van der Waals surface area contributed by atoms with Crippen LogP contribution in [-0.2, 0) is 50.0 Å². The Kier molecular flexibility index (Phi) is 17.3. The molecule has 0 bridgehead atoms. The number of piperidine rings is 2. The van der Waals surface area contributed by atoms with Crippen LogP contribution < -0.4 is 16.4 Å². The van der Waals surface area contributed by atoms with E-state index in [2.05, 4.69) is 34.9 Å². The Morgan fingerprint density at radius 1 is 0.568 bits per heavy atom. The molecular formula is C59H65N5O10. The van der Waals surface area contributed by atoms with Gasteiger partial charge in [-0.25, -0.2) is 4.79 Å². The van der Waals surface area contributed by atoms with Gasteiger partial charge in [-0.2, -0.15) is 0 Å². The number of amides is 4. The number of hydrogen-bond donors (Lipinski definition) is 5. The zero-order valence-corrected chi connectivity index (χ0v) is 41.6. The van der Waals surface area contributed by atoms with Gasteiger partial charge >= 0.3 is 6.09 Å². The first kappa shape index (κ1) is 53.0. The monoisotopic (exact) mass is 1000 g/mol. The fourth-order valence-electron chi connectivity index (χ4n) is 10.0.